The zero-order valence-corrected chi connectivity index (χ0v) is 14.5. The zero-order chi connectivity index (χ0) is 16.5. The van der Waals surface area contributed by atoms with E-state index in [9.17, 15) is 4.79 Å². The van der Waals surface area contributed by atoms with Crippen molar-refractivity contribution < 1.29 is 9.53 Å². The Morgan fingerprint density at radius 3 is 2.65 bits per heavy atom. The van der Waals surface area contributed by atoms with Crippen molar-refractivity contribution in [2.24, 2.45) is 5.92 Å². The monoisotopic (exact) mass is 318 g/mol. The largest absolute Gasteiger partial charge is 0.465 e. The summed E-state index contributed by atoms with van der Waals surface area (Å²) >= 11 is 0. The summed E-state index contributed by atoms with van der Waals surface area (Å²) in [4.78, 5) is 18.1. The number of aromatic nitrogens is 1. The van der Waals surface area contributed by atoms with Crippen LogP contribution in [0.1, 0.15) is 51.5 Å². The molecule has 23 heavy (non-hydrogen) atoms. The summed E-state index contributed by atoms with van der Waals surface area (Å²) in [5.74, 6) is 0.737. The fraction of sp³-hybridized carbons (Fsp3) is 0.684. The first-order chi connectivity index (χ1) is 11.2. The van der Waals surface area contributed by atoms with Crippen LogP contribution in [0.2, 0.25) is 0 Å². The van der Waals surface area contributed by atoms with Gasteiger partial charge in [-0.1, -0.05) is 12.8 Å². The molecule has 0 bridgehead atoms. The Hall–Kier alpha value is -1.42. The van der Waals surface area contributed by atoms with Crippen molar-refractivity contribution in [1.29, 1.82) is 0 Å². The lowest BCUT2D eigenvalue weighted by atomic mass is 9.90. The van der Waals surface area contributed by atoms with Gasteiger partial charge in [0.25, 0.3) is 0 Å². The number of rotatable bonds is 8. The lowest BCUT2D eigenvalue weighted by Gasteiger charge is -2.34. The van der Waals surface area contributed by atoms with Gasteiger partial charge in [-0.15, -0.1) is 0 Å². The molecule has 0 N–H and O–H groups in total. The minimum Gasteiger partial charge on any atom is -0.465 e. The molecule has 1 unspecified atom stereocenters. The molecule has 0 saturated carbocycles. The Morgan fingerprint density at radius 1 is 1.30 bits per heavy atom. The van der Waals surface area contributed by atoms with Crippen molar-refractivity contribution in [2.75, 3.05) is 19.7 Å². The van der Waals surface area contributed by atoms with E-state index < -0.39 is 0 Å². The molecule has 1 aliphatic heterocycles. The summed E-state index contributed by atoms with van der Waals surface area (Å²) in [5.41, 5.74) is 1.39. The first kappa shape index (κ1) is 17.9. The first-order valence-electron chi connectivity index (χ1n) is 9.00. The number of aryl methyl sites for hydroxylation is 1. The Bertz CT molecular complexity index is 456. The summed E-state index contributed by atoms with van der Waals surface area (Å²) in [7, 11) is 0. The molecule has 1 aliphatic rings. The second kappa shape index (κ2) is 9.66. The normalized spacial score (nSPS) is 17.8. The van der Waals surface area contributed by atoms with Crippen LogP contribution in [0.5, 0.6) is 0 Å². The molecule has 4 nitrogen and oxygen atoms in total. The molecule has 0 aliphatic carbocycles. The van der Waals surface area contributed by atoms with Gasteiger partial charge in [-0.2, -0.15) is 0 Å². The Labute approximate surface area is 140 Å². The highest BCUT2D eigenvalue weighted by molar-refractivity contribution is 5.75. The van der Waals surface area contributed by atoms with Gasteiger partial charge in [0.05, 0.1) is 6.61 Å². The lowest BCUT2D eigenvalue weighted by Crippen LogP contribution is -2.44. The van der Waals surface area contributed by atoms with Crippen molar-refractivity contribution in [3.05, 3.63) is 30.1 Å². The van der Waals surface area contributed by atoms with Crippen molar-refractivity contribution in [3.63, 3.8) is 0 Å². The summed E-state index contributed by atoms with van der Waals surface area (Å²) in [6, 6.07) is 4.12. The molecule has 0 aromatic carbocycles. The Balaban J connectivity index is 1.60. The number of hydrogen-bond acceptors (Lipinski definition) is 4. The van der Waals surface area contributed by atoms with E-state index in [0.29, 0.717) is 6.61 Å². The molecule has 128 valence electrons. The van der Waals surface area contributed by atoms with E-state index in [-0.39, 0.29) is 12.0 Å². The van der Waals surface area contributed by atoms with Crippen molar-refractivity contribution in [1.82, 2.24) is 9.88 Å². The predicted octanol–water partition coefficient (Wildman–Crippen LogP) is 3.46. The maximum atomic E-state index is 11.8. The van der Waals surface area contributed by atoms with Gasteiger partial charge in [-0.3, -0.25) is 14.7 Å². The minimum absolute atomic E-state index is 0.0803. The maximum absolute atomic E-state index is 11.8. The van der Waals surface area contributed by atoms with Crippen LogP contribution in [-0.4, -0.2) is 41.6 Å². The molecular weight excluding hydrogens is 288 g/mol. The molecule has 4 heteroatoms. The van der Waals surface area contributed by atoms with Crippen molar-refractivity contribution in [3.8, 4) is 0 Å². The number of carbonyl (C=O) groups is 1. The van der Waals surface area contributed by atoms with Crippen molar-refractivity contribution in [2.45, 2.75) is 58.4 Å². The Morgan fingerprint density at radius 2 is 2.00 bits per heavy atom. The molecule has 1 fully saturated rings. The number of pyridine rings is 1. The number of likely N-dealkylation sites (tertiary alicyclic amines) is 1. The minimum atomic E-state index is -0.0948. The molecule has 0 spiro atoms. The number of ether oxygens (including phenoxy) is 1. The van der Waals surface area contributed by atoms with Gasteiger partial charge in [0.1, 0.15) is 6.04 Å². The fourth-order valence-electron chi connectivity index (χ4n) is 3.35. The molecule has 0 radical (unpaired) electrons. The van der Waals surface area contributed by atoms with Crippen LogP contribution in [0, 0.1) is 5.92 Å². The highest BCUT2D eigenvalue weighted by Crippen LogP contribution is 2.24. The average molecular weight is 318 g/mol. The van der Waals surface area contributed by atoms with Gasteiger partial charge in [0, 0.05) is 12.4 Å². The van der Waals surface area contributed by atoms with Crippen LogP contribution in [0.25, 0.3) is 0 Å². The summed E-state index contributed by atoms with van der Waals surface area (Å²) in [6.07, 6.45) is 11.2. The molecule has 2 heterocycles. The summed E-state index contributed by atoms with van der Waals surface area (Å²) in [5, 5.41) is 0. The fourth-order valence-corrected chi connectivity index (χ4v) is 3.35. The lowest BCUT2D eigenvalue weighted by molar-refractivity contribution is -0.149. The standard InChI is InChI=1S/C19H30N2O2/c1-3-23-19(22)16(2)21-14-10-18(11-15-21)7-5-4-6-17-8-12-20-13-9-17/h8-9,12-13,16,18H,3-7,10-11,14-15H2,1-2H3. The van der Waals surface area contributed by atoms with E-state index in [2.05, 4.69) is 22.0 Å². The van der Waals surface area contributed by atoms with Crippen LogP contribution in [0.3, 0.4) is 0 Å². The second-order valence-electron chi connectivity index (χ2n) is 6.51. The van der Waals surface area contributed by atoms with E-state index in [1.165, 1.54) is 37.7 Å². The molecule has 1 aromatic heterocycles. The number of esters is 1. The molecule has 1 atom stereocenters. The molecule has 1 aromatic rings. The highest BCUT2D eigenvalue weighted by Gasteiger charge is 2.26. The zero-order valence-electron chi connectivity index (χ0n) is 14.5. The SMILES string of the molecule is CCOC(=O)C(C)N1CCC(CCCCc2ccncc2)CC1. The number of unbranched alkanes of at least 4 members (excludes halogenated alkanes) is 1. The number of piperidine rings is 1. The van der Waals surface area contributed by atoms with E-state index in [1.807, 2.05) is 26.2 Å². The van der Waals surface area contributed by atoms with E-state index in [0.717, 1.165) is 25.4 Å². The maximum Gasteiger partial charge on any atom is 0.323 e. The van der Waals surface area contributed by atoms with Gasteiger partial charge in [0.2, 0.25) is 0 Å². The number of nitrogens with zero attached hydrogens (tertiary/aromatic N) is 2. The van der Waals surface area contributed by atoms with E-state index >= 15 is 0 Å². The third kappa shape index (κ3) is 5.94. The van der Waals surface area contributed by atoms with Gasteiger partial charge in [-0.05, 0) is 76.2 Å². The summed E-state index contributed by atoms with van der Waals surface area (Å²) in [6.45, 7) is 6.34. The van der Waals surface area contributed by atoms with Crippen LogP contribution in [-0.2, 0) is 16.0 Å². The van der Waals surface area contributed by atoms with Gasteiger partial charge in [0.15, 0.2) is 0 Å². The first-order valence-corrected chi connectivity index (χ1v) is 9.00. The van der Waals surface area contributed by atoms with Crippen LogP contribution in [0.4, 0.5) is 0 Å². The van der Waals surface area contributed by atoms with E-state index in [1.54, 1.807) is 0 Å². The molecule has 0 amide bonds. The van der Waals surface area contributed by atoms with Gasteiger partial charge >= 0.3 is 5.97 Å². The summed E-state index contributed by atoms with van der Waals surface area (Å²) < 4.78 is 5.12. The van der Waals surface area contributed by atoms with E-state index in [4.69, 9.17) is 4.74 Å². The van der Waals surface area contributed by atoms with Crippen LogP contribution in [0.15, 0.2) is 24.5 Å². The number of carbonyl (C=O) groups excluding carboxylic acids is 1. The van der Waals surface area contributed by atoms with Crippen LogP contribution >= 0.6 is 0 Å². The van der Waals surface area contributed by atoms with Crippen molar-refractivity contribution >= 4 is 5.97 Å². The topological polar surface area (TPSA) is 42.4 Å². The second-order valence-corrected chi connectivity index (χ2v) is 6.51. The molecular formula is C19H30N2O2. The number of hydrogen-bond donors (Lipinski definition) is 0. The third-order valence-corrected chi connectivity index (χ3v) is 4.90. The third-order valence-electron chi connectivity index (χ3n) is 4.90. The van der Waals surface area contributed by atoms with Gasteiger partial charge in [-0.25, -0.2) is 0 Å². The Kier molecular flexibility index (Phi) is 7.53. The van der Waals surface area contributed by atoms with Gasteiger partial charge < -0.3 is 4.74 Å². The smallest absolute Gasteiger partial charge is 0.323 e. The molecule has 1 saturated heterocycles. The highest BCUT2D eigenvalue weighted by atomic mass is 16.5. The quantitative estimate of drug-likeness (QED) is 0.544. The molecule has 2 rings (SSSR count). The average Bonchev–Trinajstić information content (AvgIpc) is 2.60. The van der Waals surface area contributed by atoms with Crippen LogP contribution < -0.4 is 0 Å². The predicted molar refractivity (Wildman–Crippen MR) is 92.2 cm³/mol.